The first-order chi connectivity index (χ1) is 7.33. The predicted octanol–water partition coefficient (Wildman–Crippen LogP) is 3.67. The van der Waals surface area contributed by atoms with Crippen LogP contribution in [0.2, 0.25) is 0 Å². The Labute approximate surface area is 97.2 Å². The summed E-state index contributed by atoms with van der Waals surface area (Å²) in [6.45, 7) is 0. The van der Waals surface area contributed by atoms with Gasteiger partial charge < -0.3 is 4.98 Å². The monoisotopic (exact) mass is 264 g/mol. The summed E-state index contributed by atoms with van der Waals surface area (Å²) in [5.41, 5.74) is 3.66. The summed E-state index contributed by atoms with van der Waals surface area (Å²) in [5, 5.41) is 0. The molecule has 1 fully saturated rings. The molecule has 3 heteroatoms. The van der Waals surface area contributed by atoms with Crippen molar-refractivity contribution >= 4 is 27.0 Å². The third-order valence-corrected chi connectivity index (χ3v) is 3.73. The first-order valence-electron chi connectivity index (χ1n) is 5.44. The maximum atomic E-state index is 4.47. The van der Waals surface area contributed by atoms with Crippen LogP contribution >= 0.6 is 15.9 Å². The molecular formula is C12H13BrN2. The van der Waals surface area contributed by atoms with Crippen LogP contribution in [0.15, 0.2) is 22.9 Å². The number of nitrogens with one attached hydrogen (secondary N) is 1. The van der Waals surface area contributed by atoms with Gasteiger partial charge in [-0.25, -0.2) is 0 Å². The minimum absolute atomic E-state index is 0.898. The number of halogens is 1. The van der Waals surface area contributed by atoms with E-state index in [1.54, 1.807) is 0 Å². The molecule has 1 aliphatic carbocycles. The first kappa shape index (κ1) is 9.40. The van der Waals surface area contributed by atoms with Gasteiger partial charge in [0.1, 0.15) is 0 Å². The predicted molar refractivity (Wildman–Crippen MR) is 64.8 cm³/mol. The summed E-state index contributed by atoms with van der Waals surface area (Å²) in [5.74, 6) is 0.898. The van der Waals surface area contributed by atoms with Gasteiger partial charge in [0, 0.05) is 16.9 Å². The van der Waals surface area contributed by atoms with Gasteiger partial charge in [-0.1, -0.05) is 19.3 Å². The van der Waals surface area contributed by atoms with E-state index in [2.05, 4.69) is 38.2 Å². The fourth-order valence-electron chi connectivity index (χ4n) is 2.20. The molecule has 2 aromatic rings. The van der Waals surface area contributed by atoms with Crippen molar-refractivity contribution in [2.45, 2.75) is 25.7 Å². The summed E-state index contributed by atoms with van der Waals surface area (Å²) < 4.78 is 1.03. The van der Waals surface area contributed by atoms with Crippen LogP contribution < -0.4 is 0 Å². The van der Waals surface area contributed by atoms with Crippen molar-refractivity contribution in [1.29, 1.82) is 0 Å². The smallest absolute Gasteiger partial charge is 0.0911 e. The Morgan fingerprint density at radius 1 is 1.47 bits per heavy atom. The van der Waals surface area contributed by atoms with Crippen molar-refractivity contribution in [2.24, 2.45) is 5.92 Å². The SMILES string of the molecule is Brc1cnc2c(CC3CCC3)c[nH]c2c1. The van der Waals surface area contributed by atoms with Crippen molar-refractivity contribution in [3.63, 3.8) is 0 Å². The largest absolute Gasteiger partial charge is 0.360 e. The van der Waals surface area contributed by atoms with Crippen molar-refractivity contribution in [2.75, 3.05) is 0 Å². The van der Waals surface area contributed by atoms with Crippen LogP contribution in [-0.2, 0) is 6.42 Å². The number of hydrogen-bond donors (Lipinski definition) is 1. The van der Waals surface area contributed by atoms with Crippen molar-refractivity contribution in [1.82, 2.24) is 9.97 Å². The molecule has 0 amide bonds. The Hall–Kier alpha value is -0.830. The molecule has 2 aromatic heterocycles. The zero-order valence-corrected chi connectivity index (χ0v) is 10.0. The molecule has 15 heavy (non-hydrogen) atoms. The molecule has 0 bridgehead atoms. The van der Waals surface area contributed by atoms with E-state index in [-0.39, 0.29) is 0 Å². The third-order valence-electron chi connectivity index (χ3n) is 3.29. The summed E-state index contributed by atoms with van der Waals surface area (Å²) in [6.07, 6.45) is 9.37. The van der Waals surface area contributed by atoms with Gasteiger partial charge in [-0.2, -0.15) is 0 Å². The molecule has 0 aromatic carbocycles. The zero-order chi connectivity index (χ0) is 10.3. The van der Waals surface area contributed by atoms with Gasteiger partial charge in [-0.05, 0) is 39.9 Å². The molecule has 1 N–H and O–H groups in total. The maximum Gasteiger partial charge on any atom is 0.0911 e. The van der Waals surface area contributed by atoms with Gasteiger partial charge in [0.15, 0.2) is 0 Å². The average Bonchev–Trinajstić information content (AvgIpc) is 2.54. The van der Waals surface area contributed by atoms with Crippen molar-refractivity contribution < 1.29 is 0 Å². The van der Waals surface area contributed by atoms with Gasteiger partial charge >= 0.3 is 0 Å². The number of H-pyrrole nitrogens is 1. The molecule has 0 unspecified atom stereocenters. The molecule has 0 aliphatic heterocycles. The van der Waals surface area contributed by atoms with Crippen LogP contribution in [0.5, 0.6) is 0 Å². The Morgan fingerprint density at radius 2 is 2.33 bits per heavy atom. The summed E-state index contributed by atoms with van der Waals surface area (Å²) in [6, 6.07) is 2.09. The number of hydrogen-bond acceptors (Lipinski definition) is 1. The molecule has 0 atom stereocenters. The van der Waals surface area contributed by atoms with Crippen LogP contribution in [0.4, 0.5) is 0 Å². The fraction of sp³-hybridized carbons (Fsp3) is 0.417. The lowest BCUT2D eigenvalue weighted by Gasteiger charge is -2.24. The minimum Gasteiger partial charge on any atom is -0.360 e. The maximum absolute atomic E-state index is 4.47. The van der Waals surface area contributed by atoms with E-state index in [1.807, 2.05) is 6.20 Å². The number of aromatic nitrogens is 2. The summed E-state index contributed by atoms with van der Waals surface area (Å²) >= 11 is 3.43. The molecular weight excluding hydrogens is 252 g/mol. The number of pyridine rings is 1. The molecule has 0 radical (unpaired) electrons. The highest BCUT2D eigenvalue weighted by atomic mass is 79.9. The van der Waals surface area contributed by atoms with Crippen LogP contribution in [0, 0.1) is 5.92 Å². The molecule has 0 spiro atoms. The van der Waals surface area contributed by atoms with Crippen molar-refractivity contribution in [3.8, 4) is 0 Å². The highest BCUT2D eigenvalue weighted by Crippen LogP contribution is 2.31. The molecule has 0 saturated heterocycles. The fourth-order valence-corrected chi connectivity index (χ4v) is 2.53. The number of nitrogens with zero attached hydrogens (tertiary/aromatic N) is 1. The molecule has 1 saturated carbocycles. The molecule has 1 aliphatic rings. The first-order valence-corrected chi connectivity index (χ1v) is 6.24. The highest BCUT2D eigenvalue weighted by molar-refractivity contribution is 9.10. The molecule has 3 rings (SSSR count). The second kappa shape index (κ2) is 3.63. The Kier molecular flexibility index (Phi) is 2.28. The van der Waals surface area contributed by atoms with E-state index in [4.69, 9.17) is 0 Å². The molecule has 2 nitrogen and oxygen atoms in total. The van der Waals surface area contributed by atoms with Crippen LogP contribution in [0.25, 0.3) is 11.0 Å². The summed E-state index contributed by atoms with van der Waals surface area (Å²) in [4.78, 5) is 7.76. The lowest BCUT2D eigenvalue weighted by Crippen LogP contribution is -2.13. The average molecular weight is 265 g/mol. The third kappa shape index (κ3) is 1.69. The molecule has 78 valence electrons. The van der Waals surface area contributed by atoms with E-state index in [0.29, 0.717) is 0 Å². The van der Waals surface area contributed by atoms with E-state index in [1.165, 1.54) is 31.2 Å². The number of fused-ring (bicyclic) bond motifs is 1. The standard InChI is InChI=1S/C12H13BrN2/c13-10-5-11-12(15-7-10)9(6-14-11)4-8-2-1-3-8/h5-8,14H,1-4H2. The second-order valence-electron chi connectivity index (χ2n) is 4.36. The van der Waals surface area contributed by atoms with E-state index >= 15 is 0 Å². The molecule has 2 heterocycles. The number of aromatic amines is 1. The van der Waals surface area contributed by atoms with Gasteiger partial charge in [0.05, 0.1) is 11.0 Å². The second-order valence-corrected chi connectivity index (χ2v) is 5.28. The van der Waals surface area contributed by atoms with Crippen LogP contribution in [-0.4, -0.2) is 9.97 Å². The van der Waals surface area contributed by atoms with Gasteiger partial charge in [-0.15, -0.1) is 0 Å². The highest BCUT2D eigenvalue weighted by Gasteiger charge is 2.19. The van der Waals surface area contributed by atoms with Crippen molar-refractivity contribution in [3.05, 3.63) is 28.5 Å². The Bertz CT molecular complexity index is 485. The Balaban J connectivity index is 1.96. The quantitative estimate of drug-likeness (QED) is 0.881. The van der Waals surface area contributed by atoms with E-state index in [0.717, 1.165) is 21.4 Å². The zero-order valence-electron chi connectivity index (χ0n) is 8.46. The van der Waals surface area contributed by atoms with E-state index < -0.39 is 0 Å². The lowest BCUT2D eigenvalue weighted by molar-refractivity contribution is 0.315. The van der Waals surface area contributed by atoms with Gasteiger partial charge in [0.2, 0.25) is 0 Å². The normalized spacial score (nSPS) is 16.9. The van der Waals surface area contributed by atoms with Gasteiger partial charge in [-0.3, -0.25) is 4.98 Å². The minimum atomic E-state index is 0.898. The van der Waals surface area contributed by atoms with Crippen LogP contribution in [0.1, 0.15) is 24.8 Å². The van der Waals surface area contributed by atoms with Gasteiger partial charge in [0.25, 0.3) is 0 Å². The Morgan fingerprint density at radius 3 is 3.07 bits per heavy atom. The topological polar surface area (TPSA) is 28.7 Å². The van der Waals surface area contributed by atoms with Crippen LogP contribution in [0.3, 0.4) is 0 Å². The van der Waals surface area contributed by atoms with E-state index in [9.17, 15) is 0 Å². The summed E-state index contributed by atoms with van der Waals surface area (Å²) in [7, 11) is 0. The lowest BCUT2D eigenvalue weighted by atomic mass is 9.81. The number of rotatable bonds is 2.